The number of aryl methyl sites for hydroxylation is 2. The smallest absolute Gasteiger partial charge is 0.136 e. The molecule has 0 saturated carbocycles. The molecule has 1 aliphatic rings. The lowest BCUT2D eigenvalue weighted by Gasteiger charge is -2.37. The lowest BCUT2D eigenvalue weighted by Crippen LogP contribution is -2.47. The van der Waals surface area contributed by atoms with Gasteiger partial charge >= 0.3 is 0 Å². The molecule has 2 heterocycles. The van der Waals surface area contributed by atoms with Crippen LogP contribution >= 0.6 is 11.6 Å². The molecule has 1 saturated heterocycles. The number of anilines is 4. The Morgan fingerprint density at radius 3 is 2.22 bits per heavy atom. The highest BCUT2D eigenvalue weighted by atomic mass is 35.5. The zero-order chi connectivity index (χ0) is 24.9. The van der Waals surface area contributed by atoms with E-state index in [1.54, 1.807) is 0 Å². The normalized spacial score (nSPS) is 13.5. The van der Waals surface area contributed by atoms with Gasteiger partial charge in [0.05, 0.1) is 0 Å². The number of rotatable bonds is 7. The highest BCUT2D eigenvalue weighted by Crippen LogP contribution is 2.28. The Labute approximate surface area is 217 Å². The Hall–Kier alpha value is -3.77. The molecule has 0 aliphatic carbocycles. The molecule has 6 nitrogen and oxygen atoms in total. The fourth-order valence-electron chi connectivity index (χ4n) is 4.32. The van der Waals surface area contributed by atoms with E-state index < -0.39 is 0 Å². The van der Waals surface area contributed by atoms with Gasteiger partial charge < -0.3 is 19.9 Å². The molecule has 4 aromatic rings. The molecule has 1 aromatic heterocycles. The summed E-state index contributed by atoms with van der Waals surface area (Å²) in [5.74, 6) is 4.28. The maximum absolute atomic E-state index is 6.12. The van der Waals surface area contributed by atoms with Gasteiger partial charge in [0.15, 0.2) is 0 Å². The first-order chi connectivity index (χ1) is 17.6. The fraction of sp³-hybridized carbons (Fsp3) is 0.241. The van der Waals surface area contributed by atoms with Gasteiger partial charge in [0.25, 0.3) is 0 Å². The Balaban J connectivity index is 1.24. The number of benzene rings is 3. The second kappa shape index (κ2) is 10.9. The zero-order valence-electron chi connectivity index (χ0n) is 20.6. The number of piperazine rings is 1. The number of para-hydroxylation sites is 1. The van der Waals surface area contributed by atoms with Crippen molar-refractivity contribution in [3.8, 4) is 11.5 Å². The lowest BCUT2D eigenvalue weighted by molar-refractivity contribution is 0.482. The van der Waals surface area contributed by atoms with Crippen LogP contribution in [0.1, 0.15) is 18.3 Å². The summed E-state index contributed by atoms with van der Waals surface area (Å²) in [7, 11) is 0. The van der Waals surface area contributed by atoms with Crippen LogP contribution in [-0.4, -0.2) is 36.1 Å². The summed E-state index contributed by atoms with van der Waals surface area (Å²) >= 11 is 6.12. The van der Waals surface area contributed by atoms with Gasteiger partial charge in [-0.15, -0.1) is 0 Å². The van der Waals surface area contributed by atoms with Gasteiger partial charge in [-0.2, -0.15) is 0 Å². The number of nitrogens with one attached hydrogen (secondary N) is 1. The SMILES string of the molecule is CCc1nc(Nc2ccc(Cl)cc2C)cc(N2CCN(c3ccc(Oc4ccccc4)cc3)CC2)n1. The van der Waals surface area contributed by atoms with Gasteiger partial charge in [-0.25, -0.2) is 9.97 Å². The first-order valence-corrected chi connectivity index (χ1v) is 12.7. The molecule has 7 heteroatoms. The maximum Gasteiger partial charge on any atom is 0.136 e. The van der Waals surface area contributed by atoms with Crippen molar-refractivity contribution in [3.63, 3.8) is 0 Å². The topological polar surface area (TPSA) is 53.5 Å². The average molecular weight is 500 g/mol. The van der Waals surface area contributed by atoms with E-state index in [0.29, 0.717) is 0 Å². The summed E-state index contributed by atoms with van der Waals surface area (Å²) in [5.41, 5.74) is 3.28. The Bertz CT molecular complexity index is 1310. The second-order valence-electron chi connectivity index (χ2n) is 8.85. The summed E-state index contributed by atoms with van der Waals surface area (Å²) < 4.78 is 5.93. The average Bonchev–Trinajstić information content (AvgIpc) is 2.91. The van der Waals surface area contributed by atoms with Crippen molar-refractivity contribution in [2.45, 2.75) is 20.3 Å². The molecule has 184 valence electrons. The molecular weight excluding hydrogens is 470 g/mol. The number of hydrogen-bond acceptors (Lipinski definition) is 6. The Morgan fingerprint density at radius 2 is 1.53 bits per heavy atom. The number of ether oxygens (including phenoxy) is 1. The van der Waals surface area contributed by atoms with Crippen LogP contribution < -0.4 is 19.9 Å². The van der Waals surface area contributed by atoms with Crippen LogP contribution in [0.4, 0.5) is 23.0 Å². The molecule has 1 N–H and O–H groups in total. The molecule has 0 radical (unpaired) electrons. The van der Waals surface area contributed by atoms with Gasteiger partial charge in [0.2, 0.25) is 0 Å². The molecule has 0 atom stereocenters. The standard InChI is InChI=1S/C29H30ClN5O/c1-3-27-32-28(31-26-14-9-22(30)19-21(26)2)20-29(33-27)35-17-15-34(16-18-35)23-10-12-25(13-11-23)36-24-7-5-4-6-8-24/h4-14,19-20H,3,15-18H2,1-2H3,(H,31,32,33). The van der Waals surface area contributed by atoms with Crippen molar-refractivity contribution in [1.29, 1.82) is 0 Å². The van der Waals surface area contributed by atoms with Crippen LogP contribution in [0.2, 0.25) is 5.02 Å². The second-order valence-corrected chi connectivity index (χ2v) is 9.28. The van der Waals surface area contributed by atoms with Gasteiger partial charge in [-0.1, -0.05) is 36.7 Å². The van der Waals surface area contributed by atoms with Crippen molar-refractivity contribution in [3.05, 3.63) is 95.3 Å². The molecular formula is C29H30ClN5O. The third-order valence-corrected chi connectivity index (χ3v) is 6.55. The Morgan fingerprint density at radius 1 is 0.833 bits per heavy atom. The van der Waals surface area contributed by atoms with Gasteiger partial charge in [-0.3, -0.25) is 0 Å². The monoisotopic (exact) mass is 499 g/mol. The minimum absolute atomic E-state index is 0.729. The van der Waals surface area contributed by atoms with Crippen molar-refractivity contribution >= 4 is 34.6 Å². The van der Waals surface area contributed by atoms with E-state index in [0.717, 1.165) is 77.8 Å². The number of aromatic nitrogens is 2. The molecule has 5 rings (SSSR count). The van der Waals surface area contributed by atoms with Crippen molar-refractivity contribution in [1.82, 2.24) is 9.97 Å². The number of halogens is 1. The van der Waals surface area contributed by atoms with E-state index in [-0.39, 0.29) is 0 Å². The van der Waals surface area contributed by atoms with E-state index in [4.69, 9.17) is 26.3 Å². The van der Waals surface area contributed by atoms with Gasteiger partial charge in [-0.05, 0) is 67.1 Å². The third kappa shape index (κ3) is 5.71. The molecule has 0 spiro atoms. The van der Waals surface area contributed by atoms with Crippen LogP contribution in [0, 0.1) is 6.92 Å². The molecule has 1 fully saturated rings. The molecule has 0 unspecified atom stereocenters. The minimum atomic E-state index is 0.729. The largest absolute Gasteiger partial charge is 0.457 e. The van der Waals surface area contributed by atoms with Crippen molar-refractivity contribution < 1.29 is 4.74 Å². The lowest BCUT2D eigenvalue weighted by atomic mass is 10.2. The molecule has 1 aliphatic heterocycles. The molecule has 0 bridgehead atoms. The van der Waals surface area contributed by atoms with Crippen LogP contribution in [0.3, 0.4) is 0 Å². The molecule has 0 amide bonds. The van der Waals surface area contributed by atoms with E-state index in [2.05, 4.69) is 34.2 Å². The van der Waals surface area contributed by atoms with Crippen LogP contribution in [-0.2, 0) is 6.42 Å². The molecule has 36 heavy (non-hydrogen) atoms. The maximum atomic E-state index is 6.12. The highest BCUT2D eigenvalue weighted by molar-refractivity contribution is 6.30. The number of nitrogens with zero attached hydrogens (tertiary/aromatic N) is 4. The summed E-state index contributed by atoms with van der Waals surface area (Å²) in [4.78, 5) is 14.3. The van der Waals surface area contributed by atoms with Gasteiger partial charge in [0.1, 0.15) is 29.0 Å². The van der Waals surface area contributed by atoms with Gasteiger partial charge in [0, 0.05) is 55.1 Å². The first kappa shape index (κ1) is 23.9. The summed E-state index contributed by atoms with van der Waals surface area (Å²) in [5, 5.41) is 4.18. The Kier molecular flexibility index (Phi) is 7.23. The van der Waals surface area contributed by atoms with Crippen molar-refractivity contribution in [2.75, 3.05) is 41.3 Å². The summed E-state index contributed by atoms with van der Waals surface area (Å²) in [6, 6.07) is 26.0. The summed E-state index contributed by atoms with van der Waals surface area (Å²) in [6.07, 6.45) is 0.777. The fourth-order valence-corrected chi connectivity index (χ4v) is 4.54. The van der Waals surface area contributed by atoms with Crippen LogP contribution in [0.15, 0.2) is 78.9 Å². The highest BCUT2D eigenvalue weighted by Gasteiger charge is 2.20. The van der Waals surface area contributed by atoms with Crippen LogP contribution in [0.25, 0.3) is 0 Å². The van der Waals surface area contributed by atoms with E-state index >= 15 is 0 Å². The van der Waals surface area contributed by atoms with E-state index in [1.165, 1.54) is 5.69 Å². The first-order valence-electron chi connectivity index (χ1n) is 12.3. The summed E-state index contributed by atoms with van der Waals surface area (Å²) in [6.45, 7) is 7.74. The number of hydrogen-bond donors (Lipinski definition) is 1. The van der Waals surface area contributed by atoms with E-state index in [1.807, 2.05) is 73.7 Å². The third-order valence-electron chi connectivity index (χ3n) is 6.31. The predicted molar refractivity (Wildman–Crippen MR) is 148 cm³/mol. The van der Waals surface area contributed by atoms with Crippen molar-refractivity contribution in [2.24, 2.45) is 0 Å². The van der Waals surface area contributed by atoms with E-state index in [9.17, 15) is 0 Å². The zero-order valence-corrected chi connectivity index (χ0v) is 21.4. The predicted octanol–water partition coefficient (Wildman–Crippen LogP) is 6.86. The van der Waals surface area contributed by atoms with Crippen LogP contribution in [0.5, 0.6) is 11.5 Å². The molecule has 3 aromatic carbocycles. The minimum Gasteiger partial charge on any atom is -0.457 e. The quantitative estimate of drug-likeness (QED) is 0.299.